The van der Waals surface area contributed by atoms with Crippen LogP contribution in [-0.4, -0.2) is 29.9 Å². The van der Waals surface area contributed by atoms with Crippen LogP contribution < -0.4 is 5.32 Å². The molecule has 2 rings (SSSR count). The standard InChI is InChI=1S/C13H13ClFN3OS/c1-18(2)6-8-7-20-13(16-8)17-12(19)11-9(14)4-3-5-10(11)15/h3-5,7H,6H2,1-2H3,(H,16,17,19). The maximum Gasteiger partial charge on any atom is 0.261 e. The lowest BCUT2D eigenvalue weighted by molar-refractivity contribution is 0.102. The Balaban J connectivity index is 2.14. The van der Waals surface area contributed by atoms with Crippen molar-refractivity contribution in [2.75, 3.05) is 19.4 Å². The normalized spacial score (nSPS) is 10.8. The molecule has 0 aliphatic carbocycles. The second-order valence-electron chi connectivity index (χ2n) is 4.43. The van der Waals surface area contributed by atoms with E-state index in [9.17, 15) is 9.18 Å². The number of thiazole rings is 1. The molecule has 0 aliphatic heterocycles. The molecule has 0 saturated heterocycles. The molecule has 0 radical (unpaired) electrons. The van der Waals surface area contributed by atoms with Gasteiger partial charge in [0.15, 0.2) is 5.13 Å². The highest BCUT2D eigenvalue weighted by atomic mass is 35.5. The Morgan fingerprint density at radius 3 is 2.90 bits per heavy atom. The fourth-order valence-corrected chi connectivity index (χ4v) is 2.58. The van der Waals surface area contributed by atoms with E-state index in [2.05, 4.69) is 10.3 Å². The van der Waals surface area contributed by atoms with Crippen molar-refractivity contribution in [1.29, 1.82) is 0 Å². The number of hydrogen-bond donors (Lipinski definition) is 1. The van der Waals surface area contributed by atoms with Gasteiger partial charge in [0.2, 0.25) is 0 Å². The number of aromatic nitrogens is 1. The molecule has 0 unspecified atom stereocenters. The van der Waals surface area contributed by atoms with E-state index in [0.29, 0.717) is 11.7 Å². The largest absolute Gasteiger partial charge is 0.304 e. The van der Waals surface area contributed by atoms with Gasteiger partial charge in [-0.15, -0.1) is 11.3 Å². The molecule has 0 atom stereocenters. The Hall–Kier alpha value is -1.50. The summed E-state index contributed by atoms with van der Waals surface area (Å²) >= 11 is 7.13. The number of rotatable bonds is 4. The van der Waals surface area contributed by atoms with Crippen LogP contribution >= 0.6 is 22.9 Å². The number of hydrogen-bond acceptors (Lipinski definition) is 4. The molecule has 106 valence electrons. The van der Waals surface area contributed by atoms with Gasteiger partial charge in [0.1, 0.15) is 5.82 Å². The first-order chi connectivity index (χ1) is 9.47. The van der Waals surface area contributed by atoms with E-state index >= 15 is 0 Å². The quantitative estimate of drug-likeness (QED) is 0.942. The van der Waals surface area contributed by atoms with Crippen LogP contribution in [0.2, 0.25) is 5.02 Å². The van der Waals surface area contributed by atoms with Crippen LogP contribution in [0.5, 0.6) is 0 Å². The van der Waals surface area contributed by atoms with E-state index < -0.39 is 11.7 Å². The average molecular weight is 314 g/mol. The molecule has 7 heteroatoms. The van der Waals surface area contributed by atoms with Gasteiger partial charge in [0, 0.05) is 11.9 Å². The molecule has 0 bridgehead atoms. The summed E-state index contributed by atoms with van der Waals surface area (Å²) < 4.78 is 13.6. The zero-order valence-electron chi connectivity index (χ0n) is 11.0. The van der Waals surface area contributed by atoms with E-state index in [4.69, 9.17) is 11.6 Å². The third-order valence-electron chi connectivity index (χ3n) is 2.44. The van der Waals surface area contributed by atoms with Gasteiger partial charge in [-0.05, 0) is 26.2 Å². The fourth-order valence-electron chi connectivity index (χ4n) is 1.64. The molecular formula is C13H13ClFN3OS. The van der Waals surface area contributed by atoms with Gasteiger partial charge in [-0.2, -0.15) is 0 Å². The van der Waals surface area contributed by atoms with Crippen LogP contribution in [0.25, 0.3) is 0 Å². The van der Waals surface area contributed by atoms with Crippen LogP contribution in [0.1, 0.15) is 16.1 Å². The highest BCUT2D eigenvalue weighted by Crippen LogP contribution is 2.22. The minimum Gasteiger partial charge on any atom is -0.304 e. The number of halogens is 2. The van der Waals surface area contributed by atoms with Crippen LogP contribution in [-0.2, 0) is 6.54 Å². The highest BCUT2D eigenvalue weighted by molar-refractivity contribution is 7.14. The summed E-state index contributed by atoms with van der Waals surface area (Å²) in [5.74, 6) is -1.25. The molecule has 1 amide bonds. The van der Waals surface area contributed by atoms with E-state index in [1.165, 1.54) is 29.5 Å². The SMILES string of the molecule is CN(C)Cc1csc(NC(=O)c2c(F)cccc2Cl)n1. The molecule has 0 fully saturated rings. The van der Waals surface area contributed by atoms with Crippen LogP contribution in [0.4, 0.5) is 9.52 Å². The first-order valence-corrected chi connectivity index (χ1v) is 7.07. The van der Waals surface area contributed by atoms with Crippen molar-refractivity contribution in [3.8, 4) is 0 Å². The summed E-state index contributed by atoms with van der Waals surface area (Å²) in [5.41, 5.74) is 0.674. The van der Waals surface area contributed by atoms with Crippen molar-refractivity contribution < 1.29 is 9.18 Å². The number of benzene rings is 1. The molecule has 0 spiro atoms. The van der Waals surface area contributed by atoms with Gasteiger partial charge in [0.05, 0.1) is 16.3 Å². The maximum absolute atomic E-state index is 13.6. The first kappa shape index (κ1) is 14.9. The van der Waals surface area contributed by atoms with E-state index in [0.717, 1.165) is 5.69 Å². The maximum atomic E-state index is 13.6. The third kappa shape index (κ3) is 3.53. The Kier molecular flexibility index (Phi) is 4.69. The van der Waals surface area contributed by atoms with Crippen molar-refractivity contribution >= 4 is 34.0 Å². The summed E-state index contributed by atoms with van der Waals surface area (Å²) in [7, 11) is 3.85. The predicted molar refractivity (Wildman–Crippen MR) is 78.9 cm³/mol. The molecule has 1 heterocycles. The fraction of sp³-hybridized carbons (Fsp3) is 0.231. The Morgan fingerprint density at radius 2 is 2.25 bits per heavy atom. The van der Waals surface area contributed by atoms with Crippen LogP contribution in [0.15, 0.2) is 23.6 Å². The van der Waals surface area contributed by atoms with E-state index in [-0.39, 0.29) is 10.6 Å². The average Bonchev–Trinajstić information content (AvgIpc) is 2.75. The monoisotopic (exact) mass is 313 g/mol. The molecular weight excluding hydrogens is 301 g/mol. The van der Waals surface area contributed by atoms with Crippen molar-refractivity contribution in [2.45, 2.75) is 6.54 Å². The molecule has 1 N–H and O–H groups in total. The molecule has 20 heavy (non-hydrogen) atoms. The second-order valence-corrected chi connectivity index (χ2v) is 5.70. The predicted octanol–water partition coefficient (Wildman–Crippen LogP) is 3.25. The smallest absolute Gasteiger partial charge is 0.261 e. The molecule has 4 nitrogen and oxygen atoms in total. The van der Waals surface area contributed by atoms with Crippen LogP contribution in [0.3, 0.4) is 0 Å². The summed E-state index contributed by atoms with van der Waals surface area (Å²) in [5, 5.41) is 4.90. The first-order valence-electron chi connectivity index (χ1n) is 5.82. The molecule has 0 aliphatic rings. The minimum atomic E-state index is -0.653. The zero-order chi connectivity index (χ0) is 14.7. The molecule has 1 aromatic carbocycles. The van der Waals surface area contributed by atoms with Crippen molar-refractivity contribution in [1.82, 2.24) is 9.88 Å². The lowest BCUT2D eigenvalue weighted by atomic mass is 10.2. The van der Waals surface area contributed by atoms with Crippen molar-refractivity contribution in [3.63, 3.8) is 0 Å². The van der Waals surface area contributed by atoms with Crippen LogP contribution in [0, 0.1) is 5.82 Å². The molecule has 1 aromatic heterocycles. The number of amides is 1. The van der Waals surface area contributed by atoms with Gasteiger partial charge in [-0.25, -0.2) is 9.37 Å². The van der Waals surface area contributed by atoms with Crippen molar-refractivity contribution in [3.05, 3.63) is 45.7 Å². The topological polar surface area (TPSA) is 45.2 Å². The summed E-state index contributed by atoms with van der Waals surface area (Å²) in [6.45, 7) is 0.673. The summed E-state index contributed by atoms with van der Waals surface area (Å²) in [4.78, 5) is 18.2. The number of nitrogens with zero attached hydrogens (tertiary/aromatic N) is 2. The number of carbonyl (C=O) groups is 1. The van der Waals surface area contributed by atoms with Gasteiger partial charge in [-0.3, -0.25) is 10.1 Å². The summed E-state index contributed by atoms with van der Waals surface area (Å²) in [6, 6.07) is 4.12. The van der Waals surface area contributed by atoms with Gasteiger partial charge in [-0.1, -0.05) is 17.7 Å². The third-order valence-corrected chi connectivity index (χ3v) is 3.56. The van der Waals surface area contributed by atoms with Gasteiger partial charge >= 0.3 is 0 Å². The Labute approximate surface area is 125 Å². The van der Waals surface area contributed by atoms with E-state index in [1.54, 1.807) is 0 Å². The summed E-state index contributed by atoms with van der Waals surface area (Å²) in [6.07, 6.45) is 0. The van der Waals surface area contributed by atoms with Gasteiger partial charge < -0.3 is 4.90 Å². The number of nitrogens with one attached hydrogen (secondary N) is 1. The Morgan fingerprint density at radius 1 is 1.50 bits per heavy atom. The van der Waals surface area contributed by atoms with E-state index in [1.807, 2.05) is 24.4 Å². The number of anilines is 1. The second kappa shape index (κ2) is 6.30. The van der Waals surface area contributed by atoms with Crippen molar-refractivity contribution in [2.24, 2.45) is 0 Å². The molecule has 0 saturated carbocycles. The van der Waals surface area contributed by atoms with Gasteiger partial charge in [0.25, 0.3) is 5.91 Å². The zero-order valence-corrected chi connectivity index (χ0v) is 12.6. The minimum absolute atomic E-state index is 0.0765. The highest BCUT2D eigenvalue weighted by Gasteiger charge is 2.17. The number of carbonyl (C=O) groups excluding carboxylic acids is 1. The Bertz CT molecular complexity index is 610. The lowest BCUT2D eigenvalue weighted by Crippen LogP contribution is -2.15. The lowest BCUT2D eigenvalue weighted by Gasteiger charge is -2.06. The molecule has 2 aromatic rings.